The number of methoxy groups -OCH3 is 2. The molecule has 50 heteroatoms. The van der Waals surface area contributed by atoms with E-state index >= 15 is 0 Å². The molecule has 0 atom stereocenters. The van der Waals surface area contributed by atoms with Gasteiger partial charge in [0, 0.05) is 175 Å². The molecule has 0 fully saturated rings. The summed E-state index contributed by atoms with van der Waals surface area (Å²) in [6.07, 6.45) is 15.1. The van der Waals surface area contributed by atoms with E-state index in [-0.39, 0.29) is 0 Å². The molecule has 0 aliphatic heterocycles. The first-order valence-corrected chi connectivity index (χ1v) is 44.3. The minimum Gasteiger partial charge on any atom is -0.385 e. The van der Waals surface area contributed by atoms with Gasteiger partial charge in [-0.1, -0.05) is 0 Å². The second-order valence-corrected chi connectivity index (χ2v) is 25.3. The molecular weight excluding hydrogens is 1720 g/mol. The molecule has 0 aliphatic rings. The molecule has 0 aromatic carbocycles. The largest absolute Gasteiger partial charge is 0.385 e. The van der Waals surface area contributed by atoms with Crippen molar-refractivity contribution in [2.24, 2.45) is 0 Å². The van der Waals surface area contributed by atoms with Gasteiger partial charge in [-0.3, -0.25) is 0 Å². The molecule has 0 aromatic rings. The molecule has 0 heterocycles. The van der Waals surface area contributed by atoms with Gasteiger partial charge in [0.15, 0.2) is 0 Å². The van der Waals surface area contributed by atoms with E-state index < -0.39 is 0 Å². The van der Waals surface area contributed by atoms with E-state index in [2.05, 4.69) is 0 Å². The zero-order valence-corrected chi connectivity index (χ0v) is 75.4. The number of hydrogen-bond donors (Lipinski definition) is 0. The Morgan fingerprint density at radius 1 is 0.0630 bits per heavy atom. The Kier molecular flexibility index (Phi) is 122. The Balaban J connectivity index is 3.10. The Morgan fingerprint density at radius 2 is 0.102 bits per heavy atom. The van der Waals surface area contributed by atoms with Gasteiger partial charge in [-0.15, -0.1) is 0 Å². The van der Waals surface area contributed by atoms with E-state index in [1.807, 2.05) is 0 Å². The number of hydrogen-bond acceptors (Lipinski definition) is 50. The van der Waals surface area contributed by atoms with Gasteiger partial charge < -0.3 is 9.47 Å². The van der Waals surface area contributed by atoms with E-state index in [1.54, 1.807) is 14.2 Å². The summed E-state index contributed by atoms with van der Waals surface area (Å²) in [6, 6.07) is 0. The normalized spacial score (nSPS) is 11.9. The lowest BCUT2D eigenvalue weighted by Crippen LogP contribution is -2.08. The summed E-state index contributed by atoms with van der Waals surface area (Å²) in [5.41, 5.74) is 0. The third-order valence-electron chi connectivity index (χ3n) is 13.6. The van der Waals surface area contributed by atoms with Gasteiger partial charge in [-0.2, -0.15) is 0 Å². The molecule has 0 rings (SSSR count). The molecular formula is C77H156O50. The molecule has 127 heavy (non-hydrogen) atoms. The molecule has 0 spiro atoms. The predicted molar refractivity (Wildman–Crippen MR) is 425 cm³/mol. The number of rotatable bonds is 124. The molecule has 0 saturated heterocycles. The van der Waals surface area contributed by atoms with Gasteiger partial charge in [0.05, 0.1) is 317 Å². The highest BCUT2D eigenvalue weighted by molar-refractivity contribution is 4.42. The molecule has 0 amide bonds. The van der Waals surface area contributed by atoms with E-state index in [1.165, 1.54) is 0 Å². The summed E-state index contributed by atoms with van der Waals surface area (Å²) in [7, 11) is 3.28. The van der Waals surface area contributed by atoms with Crippen LogP contribution in [-0.2, 0) is 244 Å². The van der Waals surface area contributed by atoms with Crippen LogP contribution in [0.3, 0.4) is 0 Å². The van der Waals surface area contributed by atoms with Crippen molar-refractivity contribution in [2.45, 2.75) is 161 Å². The minimum atomic E-state index is 0.336. The van der Waals surface area contributed by atoms with Crippen molar-refractivity contribution >= 4 is 0 Å². The molecule has 0 saturated carbocycles. The van der Waals surface area contributed by atoms with Gasteiger partial charge in [0.1, 0.15) is 0 Å². The van der Waals surface area contributed by atoms with Crippen LogP contribution in [0.15, 0.2) is 0 Å². The lowest BCUT2D eigenvalue weighted by atomic mass is 10.5. The summed E-state index contributed by atoms with van der Waals surface area (Å²) in [5.74, 6) is 0. The van der Waals surface area contributed by atoms with Crippen LogP contribution in [-0.4, -0.2) is 345 Å². The average molecular weight is 1880 g/mol. The fourth-order valence-electron chi connectivity index (χ4n) is 7.42. The van der Waals surface area contributed by atoms with Gasteiger partial charge in [0.25, 0.3) is 0 Å². The molecule has 0 N–H and O–H groups in total. The van der Waals surface area contributed by atoms with Crippen LogP contribution < -0.4 is 0 Å². The molecule has 0 unspecified atom stereocenters. The summed E-state index contributed by atoms with van der Waals surface area (Å²) in [6.45, 7) is 18.4. The Bertz CT molecular complexity index is 1640. The highest BCUT2D eigenvalue weighted by Crippen LogP contribution is 2.04. The van der Waals surface area contributed by atoms with Crippen LogP contribution >= 0.6 is 0 Å². The van der Waals surface area contributed by atoms with Gasteiger partial charge in [-0.05, 0) is 12.8 Å². The van der Waals surface area contributed by atoms with Gasteiger partial charge >= 0.3 is 0 Å². The molecule has 0 bridgehead atoms. The summed E-state index contributed by atoms with van der Waals surface area (Å²) in [5, 5.41) is 0. The van der Waals surface area contributed by atoms with Crippen molar-refractivity contribution in [3.8, 4) is 0 Å². The van der Waals surface area contributed by atoms with Crippen molar-refractivity contribution in [2.75, 3.05) is 345 Å². The van der Waals surface area contributed by atoms with Crippen LogP contribution in [0.4, 0.5) is 0 Å². The average Bonchev–Trinajstić information content (AvgIpc) is 1.16. The second-order valence-electron chi connectivity index (χ2n) is 25.3. The maximum atomic E-state index is 5.13. The lowest BCUT2D eigenvalue weighted by molar-refractivity contribution is -0.334. The van der Waals surface area contributed by atoms with E-state index in [9.17, 15) is 0 Å². The summed E-state index contributed by atoms with van der Waals surface area (Å²) < 4.78 is 9.84. The third-order valence-corrected chi connectivity index (χ3v) is 13.6. The maximum absolute atomic E-state index is 5.13. The fraction of sp³-hybridized carbons (Fsp3) is 1.00. The van der Waals surface area contributed by atoms with E-state index in [0.29, 0.717) is 478 Å². The Hall–Kier alpha value is -2.00. The fourth-order valence-corrected chi connectivity index (χ4v) is 7.42. The minimum absolute atomic E-state index is 0.336. The first-order valence-electron chi connectivity index (χ1n) is 44.3. The Labute approximate surface area is 746 Å². The van der Waals surface area contributed by atoms with Crippen LogP contribution in [0.1, 0.15) is 161 Å². The topological polar surface area (TPSA) is 462 Å². The van der Waals surface area contributed by atoms with Crippen molar-refractivity contribution in [3.05, 3.63) is 0 Å². The maximum Gasteiger partial charge on any atom is 0.0845 e. The molecule has 764 valence electrons. The standard InChI is InChI=1S/C77H156O50/c1-78-28-3-30-80-82-32-5-34-84-86-36-7-38-88-90-40-9-42-92-94-44-11-46-96-98-48-13-50-100-102-52-15-54-104-106-56-17-58-108-110-60-19-62-112-114-64-21-66-116-118-68-23-70-120-122-72-25-74-124-126-76-27-77-127-125-75-26-73-123-121-71-24-69-119-117-67-22-65-115-113-63-20-61-111-109-59-18-57-107-105-55-16-53-103-101-51-14-49-99-97-47-12-45-95-93-43-10-41-91-89-39-8-37-87-85-35-6-33-83-81-31-4-29-79-2/h3-77H2,1-2H3. The van der Waals surface area contributed by atoms with Crippen LogP contribution in [0.5, 0.6) is 0 Å². The van der Waals surface area contributed by atoms with Crippen molar-refractivity contribution in [3.63, 3.8) is 0 Å². The highest BCUT2D eigenvalue weighted by atomic mass is 17.3. The lowest BCUT2D eigenvalue weighted by Gasteiger charge is -2.07. The van der Waals surface area contributed by atoms with Gasteiger partial charge in [0.2, 0.25) is 0 Å². The Morgan fingerprint density at radius 3 is 0.142 bits per heavy atom. The van der Waals surface area contributed by atoms with Crippen LogP contribution in [0, 0.1) is 0 Å². The second kappa shape index (κ2) is 124. The SMILES string of the molecule is COCCCOOCCCOOCCCOOCCCOOCCCOOCCCOOCCCOOCCCOOCCCOOCCCOOCCCOOCCCOOCCCOOCCCOOCCCOOCCCOOCCCOOCCCOOCCCOOCCCOOCCCOOCCCOOCCCOOCCCOOCCCOC. The summed E-state index contributed by atoms with van der Waals surface area (Å²) in [4.78, 5) is 245. The number of ether oxygens (including phenoxy) is 2. The monoisotopic (exact) mass is 1880 g/mol. The van der Waals surface area contributed by atoms with Crippen LogP contribution in [0.25, 0.3) is 0 Å². The van der Waals surface area contributed by atoms with Crippen molar-refractivity contribution in [1.82, 2.24) is 0 Å². The van der Waals surface area contributed by atoms with E-state index in [0.717, 1.165) is 12.8 Å². The third kappa shape index (κ3) is 124. The molecule has 0 aromatic heterocycles. The predicted octanol–water partition coefficient (Wildman–Crippen LogP) is 8.79. The first-order chi connectivity index (χ1) is 63.4. The first kappa shape index (κ1) is 125. The summed E-state index contributed by atoms with van der Waals surface area (Å²) >= 11 is 0. The van der Waals surface area contributed by atoms with Crippen molar-refractivity contribution < 1.29 is 244 Å². The molecule has 0 aliphatic carbocycles. The van der Waals surface area contributed by atoms with Crippen molar-refractivity contribution in [1.29, 1.82) is 0 Å². The highest BCUT2D eigenvalue weighted by Gasteiger charge is 2.07. The molecule has 0 radical (unpaired) electrons. The smallest absolute Gasteiger partial charge is 0.0845 e. The quantitative estimate of drug-likeness (QED) is 0.0312. The zero-order valence-electron chi connectivity index (χ0n) is 75.4. The van der Waals surface area contributed by atoms with Crippen LogP contribution in [0.2, 0.25) is 0 Å². The molecule has 50 nitrogen and oxygen atoms in total. The zero-order chi connectivity index (χ0) is 90.4. The van der Waals surface area contributed by atoms with E-state index in [4.69, 9.17) is 244 Å². The van der Waals surface area contributed by atoms with Gasteiger partial charge in [-0.25, -0.2) is 235 Å².